The summed E-state index contributed by atoms with van der Waals surface area (Å²) in [5, 5.41) is 15.6. The van der Waals surface area contributed by atoms with Crippen molar-refractivity contribution in [3.05, 3.63) is 0 Å². The van der Waals surface area contributed by atoms with Crippen molar-refractivity contribution in [3.63, 3.8) is 0 Å². The van der Waals surface area contributed by atoms with E-state index < -0.39 is 11.4 Å². The zero-order valence-corrected chi connectivity index (χ0v) is 12.6. The molecule has 1 aliphatic heterocycles. The average Bonchev–Trinajstić information content (AvgIpc) is 2.47. The lowest BCUT2D eigenvalue weighted by molar-refractivity contribution is -0.151. The lowest BCUT2D eigenvalue weighted by Gasteiger charge is -2.33. The lowest BCUT2D eigenvalue weighted by Crippen LogP contribution is -2.46. The number of amides is 1. The molecule has 0 radical (unpaired) electrons. The molecule has 5 nitrogen and oxygen atoms in total. The van der Waals surface area contributed by atoms with E-state index in [1.165, 1.54) is 0 Å². The Balaban J connectivity index is 1.79. The van der Waals surface area contributed by atoms with Crippen LogP contribution >= 0.6 is 11.8 Å². The summed E-state index contributed by atoms with van der Waals surface area (Å²) in [5.74, 6) is 1.26. The predicted octanol–water partition coefficient (Wildman–Crippen LogP) is 1.23. The van der Waals surface area contributed by atoms with E-state index in [1.807, 2.05) is 11.8 Å². The van der Waals surface area contributed by atoms with Gasteiger partial charge in [0.2, 0.25) is 5.91 Å². The highest BCUT2D eigenvalue weighted by molar-refractivity contribution is 7.99. The van der Waals surface area contributed by atoms with Crippen LogP contribution in [0.1, 0.15) is 38.5 Å². The molecule has 2 fully saturated rings. The van der Waals surface area contributed by atoms with Crippen molar-refractivity contribution in [2.75, 3.05) is 24.6 Å². The highest BCUT2D eigenvalue weighted by atomic mass is 32.2. The number of rotatable bonds is 5. The summed E-state index contributed by atoms with van der Waals surface area (Å²) in [7, 11) is 0. The standard InChI is InChI=1S/C14H24N2O3S/c17-12(8-11-9-20-7-6-15-11)16-10-14(13(18)19)4-2-1-3-5-14/h11,15H,1-10H2,(H,16,17)(H,18,19). The molecule has 0 aromatic carbocycles. The Morgan fingerprint density at radius 1 is 1.30 bits per heavy atom. The van der Waals surface area contributed by atoms with Crippen molar-refractivity contribution in [2.24, 2.45) is 5.41 Å². The molecule has 2 aliphatic rings. The molecule has 0 aromatic rings. The van der Waals surface area contributed by atoms with E-state index in [0.29, 0.717) is 19.3 Å². The monoisotopic (exact) mass is 300 g/mol. The normalized spacial score (nSPS) is 25.9. The van der Waals surface area contributed by atoms with Crippen LogP contribution in [0, 0.1) is 5.41 Å². The Hall–Kier alpha value is -0.750. The molecule has 1 saturated carbocycles. The zero-order chi connectivity index (χ0) is 14.4. The number of hydrogen-bond donors (Lipinski definition) is 3. The number of carboxylic acid groups (broad SMARTS) is 1. The van der Waals surface area contributed by atoms with Crippen molar-refractivity contribution in [2.45, 2.75) is 44.6 Å². The van der Waals surface area contributed by atoms with Gasteiger partial charge in [-0.2, -0.15) is 11.8 Å². The SMILES string of the molecule is O=C(CC1CSCCN1)NCC1(C(=O)O)CCCCC1. The topological polar surface area (TPSA) is 78.4 Å². The van der Waals surface area contributed by atoms with Gasteiger partial charge in [0.15, 0.2) is 0 Å². The quantitative estimate of drug-likeness (QED) is 0.712. The number of hydrogen-bond acceptors (Lipinski definition) is 4. The van der Waals surface area contributed by atoms with Gasteiger partial charge in [-0.05, 0) is 12.8 Å². The van der Waals surface area contributed by atoms with Crippen LogP contribution in [-0.4, -0.2) is 47.6 Å². The van der Waals surface area contributed by atoms with E-state index in [1.54, 1.807) is 0 Å². The minimum Gasteiger partial charge on any atom is -0.481 e. The first-order valence-electron chi connectivity index (χ1n) is 7.44. The Kier molecular flexibility index (Phi) is 5.72. The first kappa shape index (κ1) is 15.6. The second-order valence-electron chi connectivity index (χ2n) is 5.85. The molecule has 6 heteroatoms. The maximum atomic E-state index is 12.0. The van der Waals surface area contributed by atoms with Gasteiger partial charge >= 0.3 is 5.97 Å². The van der Waals surface area contributed by atoms with Gasteiger partial charge < -0.3 is 15.7 Å². The van der Waals surface area contributed by atoms with E-state index in [2.05, 4.69) is 10.6 Å². The third-order valence-electron chi connectivity index (χ3n) is 4.32. The summed E-state index contributed by atoms with van der Waals surface area (Å²) in [6, 6.07) is 0.223. The van der Waals surface area contributed by atoms with Gasteiger partial charge in [-0.15, -0.1) is 0 Å². The van der Waals surface area contributed by atoms with Crippen LogP contribution in [0.4, 0.5) is 0 Å². The summed E-state index contributed by atoms with van der Waals surface area (Å²) in [4.78, 5) is 23.5. The Bertz CT molecular complexity index is 350. The number of carboxylic acids is 1. The van der Waals surface area contributed by atoms with E-state index >= 15 is 0 Å². The van der Waals surface area contributed by atoms with Crippen LogP contribution in [0.5, 0.6) is 0 Å². The molecule has 1 unspecified atom stereocenters. The van der Waals surface area contributed by atoms with E-state index in [9.17, 15) is 14.7 Å². The second kappa shape index (κ2) is 7.31. The molecule has 3 N–H and O–H groups in total. The summed E-state index contributed by atoms with van der Waals surface area (Å²) in [6.07, 6.45) is 4.81. The molecule has 1 heterocycles. The first-order valence-corrected chi connectivity index (χ1v) is 8.59. The Morgan fingerprint density at radius 2 is 2.05 bits per heavy atom. The largest absolute Gasteiger partial charge is 0.481 e. The van der Waals surface area contributed by atoms with Gasteiger partial charge in [0.1, 0.15) is 0 Å². The summed E-state index contributed by atoms with van der Waals surface area (Å²) in [5.41, 5.74) is -0.733. The highest BCUT2D eigenvalue weighted by Crippen LogP contribution is 2.36. The summed E-state index contributed by atoms with van der Waals surface area (Å²) < 4.78 is 0. The second-order valence-corrected chi connectivity index (χ2v) is 7.00. The van der Waals surface area contributed by atoms with Crippen LogP contribution < -0.4 is 10.6 Å². The molecule has 1 aliphatic carbocycles. The fourth-order valence-electron chi connectivity index (χ4n) is 3.01. The van der Waals surface area contributed by atoms with Gasteiger partial charge in [-0.1, -0.05) is 19.3 Å². The fourth-order valence-corrected chi connectivity index (χ4v) is 3.96. The predicted molar refractivity (Wildman–Crippen MR) is 79.9 cm³/mol. The van der Waals surface area contributed by atoms with Crippen LogP contribution in [-0.2, 0) is 9.59 Å². The maximum absolute atomic E-state index is 12.0. The first-order chi connectivity index (χ1) is 9.62. The van der Waals surface area contributed by atoms with Crippen molar-refractivity contribution in [1.82, 2.24) is 10.6 Å². The van der Waals surface area contributed by atoms with Gasteiger partial charge in [0, 0.05) is 37.1 Å². The molecular weight excluding hydrogens is 276 g/mol. The molecule has 20 heavy (non-hydrogen) atoms. The van der Waals surface area contributed by atoms with Crippen LogP contribution in [0.25, 0.3) is 0 Å². The molecule has 114 valence electrons. The molecule has 1 saturated heterocycles. The van der Waals surface area contributed by atoms with E-state index in [0.717, 1.165) is 37.3 Å². The van der Waals surface area contributed by atoms with E-state index in [-0.39, 0.29) is 18.5 Å². The number of carbonyl (C=O) groups is 2. The molecule has 2 rings (SSSR count). The third-order valence-corrected chi connectivity index (χ3v) is 5.45. The number of thioether (sulfide) groups is 1. The van der Waals surface area contributed by atoms with Gasteiger partial charge in [0.25, 0.3) is 0 Å². The molecule has 1 atom stereocenters. The summed E-state index contributed by atoms with van der Waals surface area (Å²) >= 11 is 1.86. The van der Waals surface area contributed by atoms with E-state index in [4.69, 9.17) is 0 Å². The third kappa shape index (κ3) is 4.12. The average molecular weight is 300 g/mol. The minimum absolute atomic E-state index is 0.0313. The fraction of sp³-hybridized carbons (Fsp3) is 0.857. The van der Waals surface area contributed by atoms with Gasteiger partial charge in [-0.25, -0.2) is 0 Å². The number of aliphatic carboxylic acids is 1. The smallest absolute Gasteiger partial charge is 0.311 e. The maximum Gasteiger partial charge on any atom is 0.311 e. The van der Waals surface area contributed by atoms with Crippen molar-refractivity contribution in [1.29, 1.82) is 0 Å². The van der Waals surface area contributed by atoms with Crippen LogP contribution in [0.2, 0.25) is 0 Å². The number of nitrogens with one attached hydrogen (secondary N) is 2. The van der Waals surface area contributed by atoms with Crippen molar-refractivity contribution < 1.29 is 14.7 Å². The highest BCUT2D eigenvalue weighted by Gasteiger charge is 2.39. The molecule has 1 amide bonds. The van der Waals surface area contributed by atoms with Crippen LogP contribution in [0.3, 0.4) is 0 Å². The Labute approximate surface area is 124 Å². The zero-order valence-electron chi connectivity index (χ0n) is 11.8. The van der Waals surface area contributed by atoms with Crippen LogP contribution in [0.15, 0.2) is 0 Å². The van der Waals surface area contributed by atoms with Gasteiger partial charge in [0.05, 0.1) is 5.41 Å². The number of carbonyl (C=O) groups excluding carboxylic acids is 1. The van der Waals surface area contributed by atoms with Gasteiger partial charge in [-0.3, -0.25) is 9.59 Å². The minimum atomic E-state index is -0.760. The summed E-state index contributed by atoms with van der Waals surface area (Å²) in [6.45, 7) is 1.22. The Morgan fingerprint density at radius 3 is 2.65 bits per heavy atom. The molecule has 0 bridgehead atoms. The van der Waals surface area contributed by atoms with Crippen molar-refractivity contribution in [3.8, 4) is 0 Å². The van der Waals surface area contributed by atoms with Crippen molar-refractivity contribution >= 4 is 23.6 Å². The molecular formula is C14H24N2O3S. The molecule has 0 aromatic heterocycles. The lowest BCUT2D eigenvalue weighted by atomic mass is 9.74. The molecule has 0 spiro atoms.